The Bertz CT molecular complexity index is 1540. The van der Waals surface area contributed by atoms with E-state index in [0.717, 1.165) is 24.3 Å². The predicted octanol–water partition coefficient (Wildman–Crippen LogP) is 6.51. The molecular weight excluding hydrogens is 649 g/mol. The summed E-state index contributed by atoms with van der Waals surface area (Å²) in [6.45, 7) is 6.87. The molecule has 0 fully saturated rings. The molecule has 4 aromatic rings. The van der Waals surface area contributed by atoms with Crippen molar-refractivity contribution < 1.29 is 35.1 Å². The number of aryl methyl sites for hydroxylation is 4. The average Bonchev–Trinajstić information content (AvgIpc) is 3.67. The highest BCUT2D eigenvalue weighted by atomic mass is 32.2. The van der Waals surface area contributed by atoms with Crippen LogP contribution in [0.4, 0.5) is 0 Å². The number of aromatic nitrogens is 4. The van der Waals surface area contributed by atoms with Gasteiger partial charge in [0.1, 0.15) is 45.0 Å². The topological polar surface area (TPSA) is 132 Å². The number of rotatable bonds is 17. The number of unbranched alkanes of at least 4 members (excludes halogenated alkanes) is 10. The molecule has 0 saturated carbocycles. The Kier molecular flexibility index (Phi) is 18.4. The molecule has 266 valence electrons. The SMILES string of the molecule is CCCCCCCCn1cc[n+](C)c1.CCCCCCCCn1cc[n+](C)c1.O=S(=O)([O-])c1ccc(-c2ccc(S(=O)(=O)[O-])cc2)cc1. The number of hydrogen-bond acceptors (Lipinski definition) is 6. The van der Waals surface area contributed by atoms with E-state index in [1.165, 1.54) is 114 Å². The minimum atomic E-state index is -4.50. The minimum absolute atomic E-state index is 0.347. The zero-order chi connectivity index (χ0) is 35.4. The van der Waals surface area contributed by atoms with Crippen LogP contribution >= 0.6 is 0 Å². The highest BCUT2D eigenvalue weighted by molar-refractivity contribution is 7.86. The molecule has 48 heavy (non-hydrogen) atoms. The van der Waals surface area contributed by atoms with Gasteiger partial charge in [-0.05, 0) is 61.1 Å². The molecule has 0 radical (unpaired) electrons. The average molecular weight is 703 g/mol. The molecule has 0 amide bonds. The van der Waals surface area contributed by atoms with E-state index in [1.807, 2.05) is 0 Å². The van der Waals surface area contributed by atoms with E-state index in [0.29, 0.717) is 11.1 Å². The molecule has 0 N–H and O–H groups in total. The number of imidazole rings is 2. The quantitative estimate of drug-likeness (QED) is 0.0701. The highest BCUT2D eigenvalue weighted by Gasteiger charge is 2.05. The first-order valence-electron chi connectivity index (χ1n) is 17.0. The first kappa shape index (κ1) is 40.9. The zero-order valence-corrected chi connectivity index (χ0v) is 30.7. The van der Waals surface area contributed by atoms with E-state index in [4.69, 9.17) is 0 Å². The van der Waals surface area contributed by atoms with E-state index in [2.05, 4.69) is 83.7 Å². The van der Waals surface area contributed by atoms with E-state index < -0.39 is 20.2 Å². The van der Waals surface area contributed by atoms with Crippen LogP contribution in [0.25, 0.3) is 11.1 Å². The second kappa shape index (κ2) is 21.6. The summed E-state index contributed by atoms with van der Waals surface area (Å²) in [5.74, 6) is 0. The third-order valence-electron chi connectivity index (χ3n) is 7.81. The Balaban J connectivity index is 0.000000257. The number of nitrogens with zero attached hydrogens (tertiary/aromatic N) is 4. The van der Waals surface area contributed by atoms with E-state index >= 15 is 0 Å². The first-order valence-corrected chi connectivity index (χ1v) is 19.8. The van der Waals surface area contributed by atoms with E-state index in [1.54, 1.807) is 0 Å². The molecule has 10 nitrogen and oxygen atoms in total. The van der Waals surface area contributed by atoms with Gasteiger partial charge < -0.3 is 9.11 Å². The van der Waals surface area contributed by atoms with Gasteiger partial charge >= 0.3 is 0 Å². The normalized spacial score (nSPS) is 11.4. The smallest absolute Gasteiger partial charge is 0.243 e. The molecule has 2 aromatic carbocycles. The van der Waals surface area contributed by atoms with Crippen molar-refractivity contribution in [2.45, 2.75) is 114 Å². The summed E-state index contributed by atoms with van der Waals surface area (Å²) < 4.78 is 73.4. The maximum Gasteiger partial charge on any atom is 0.243 e. The Hall–Kier alpha value is -3.32. The van der Waals surface area contributed by atoms with Crippen LogP contribution in [0.3, 0.4) is 0 Å². The fourth-order valence-electron chi connectivity index (χ4n) is 5.05. The van der Waals surface area contributed by atoms with E-state index in [9.17, 15) is 25.9 Å². The molecule has 2 heterocycles. The van der Waals surface area contributed by atoms with Crippen molar-refractivity contribution in [1.29, 1.82) is 0 Å². The van der Waals surface area contributed by atoms with Gasteiger partial charge in [-0.1, -0.05) is 89.5 Å². The van der Waals surface area contributed by atoms with Gasteiger partial charge in [0.2, 0.25) is 12.7 Å². The fraction of sp³-hybridized carbons (Fsp3) is 0.500. The van der Waals surface area contributed by atoms with Crippen molar-refractivity contribution in [3.8, 4) is 11.1 Å². The molecule has 0 spiro atoms. The van der Waals surface area contributed by atoms with Crippen molar-refractivity contribution in [2.75, 3.05) is 0 Å². The lowest BCUT2D eigenvalue weighted by atomic mass is 10.1. The molecule has 12 heteroatoms. The van der Waals surface area contributed by atoms with Gasteiger partial charge in [0.05, 0.1) is 37.0 Å². The zero-order valence-electron chi connectivity index (χ0n) is 29.0. The van der Waals surface area contributed by atoms with Crippen molar-refractivity contribution in [3.63, 3.8) is 0 Å². The van der Waals surface area contributed by atoms with Crippen LogP contribution in [0.2, 0.25) is 0 Å². The Morgan fingerprint density at radius 3 is 1.10 bits per heavy atom. The van der Waals surface area contributed by atoms with Crippen molar-refractivity contribution in [1.82, 2.24) is 9.13 Å². The van der Waals surface area contributed by atoms with Gasteiger partial charge in [-0.3, -0.25) is 0 Å². The molecule has 0 aliphatic heterocycles. The van der Waals surface area contributed by atoms with Crippen LogP contribution in [0.5, 0.6) is 0 Å². The van der Waals surface area contributed by atoms with Gasteiger partial charge in [-0.15, -0.1) is 0 Å². The molecule has 4 rings (SSSR count). The molecular formula is C36H54N4O6S2. The number of benzene rings is 2. The highest BCUT2D eigenvalue weighted by Crippen LogP contribution is 2.23. The summed E-state index contributed by atoms with van der Waals surface area (Å²) in [5, 5.41) is 0. The summed E-state index contributed by atoms with van der Waals surface area (Å²) >= 11 is 0. The van der Waals surface area contributed by atoms with Crippen molar-refractivity contribution in [3.05, 3.63) is 86.0 Å². The standard InChI is InChI=1S/2C12H23N2.C12H10O6S2/c2*1-3-4-5-6-7-8-9-14-11-10-13(2)12-14;13-19(14,15)11-5-1-9(2-6-11)10-3-7-12(8-4-10)20(16,17)18/h2*10-12H,3-9H2,1-2H3;1-8H,(H,13,14,15)(H,16,17,18)/q2*+1;/p-2. The van der Waals surface area contributed by atoms with Crippen molar-refractivity contribution in [2.24, 2.45) is 14.1 Å². The third-order valence-corrected chi connectivity index (χ3v) is 9.51. The van der Waals surface area contributed by atoms with Crippen LogP contribution in [0.15, 0.2) is 95.8 Å². The largest absolute Gasteiger partial charge is 0.744 e. The predicted molar refractivity (Wildman–Crippen MR) is 186 cm³/mol. The van der Waals surface area contributed by atoms with Gasteiger partial charge in [-0.25, -0.2) is 35.1 Å². The second-order valence-corrected chi connectivity index (χ2v) is 14.9. The lowest BCUT2D eigenvalue weighted by Crippen LogP contribution is -2.23. The summed E-state index contributed by atoms with van der Waals surface area (Å²) in [5.41, 5.74) is 1.18. The second-order valence-electron chi connectivity index (χ2n) is 12.1. The minimum Gasteiger partial charge on any atom is -0.744 e. The molecule has 0 aliphatic rings. The molecule has 2 aromatic heterocycles. The molecule has 0 atom stereocenters. The summed E-state index contributed by atoms with van der Waals surface area (Å²) in [6, 6.07) is 10.3. The van der Waals surface area contributed by atoms with Crippen LogP contribution < -0.4 is 9.13 Å². The van der Waals surface area contributed by atoms with Gasteiger partial charge in [0.25, 0.3) is 0 Å². The lowest BCUT2D eigenvalue weighted by Gasteiger charge is -2.09. The maximum absolute atomic E-state index is 10.8. The third kappa shape index (κ3) is 16.7. The molecule has 0 unspecified atom stereocenters. The van der Waals surface area contributed by atoms with Crippen LogP contribution in [0, 0.1) is 0 Å². The summed E-state index contributed by atoms with van der Waals surface area (Å²) in [6.07, 6.45) is 29.3. The molecule has 0 aliphatic carbocycles. The number of hydrogen-bond donors (Lipinski definition) is 0. The first-order chi connectivity index (χ1) is 22.8. The molecule has 0 bridgehead atoms. The van der Waals surface area contributed by atoms with Crippen LogP contribution in [0.1, 0.15) is 90.9 Å². The summed E-state index contributed by atoms with van der Waals surface area (Å²) in [7, 11) is -4.86. The Labute approximate surface area is 288 Å². The van der Waals surface area contributed by atoms with Crippen LogP contribution in [-0.2, 0) is 47.4 Å². The Morgan fingerprint density at radius 1 is 0.521 bits per heavy atom. The Morgan fingerprint density at radius 2 is 0.833 bits per heavy atom. The fourth-order valence-corrected chi connectivity index (χ4v) is 5.98. The maximum atomic E-state index is 10.8. The summed E-state index contributed by atoms with van der Waals surface area (Å²) in [4.78, 5) is -0.694. The van der Waals surface area contributed by atoms with Gasteiger partial charge in [0.15, 0.2) is 0 Å². The van der Waals surface area contributed by atoms with E-state index in [-0.39, 0.29) is 9.79 Å². The molecule has 0 saturated heterocycles. The van der Waals surface area contributed by atoms with Crippen molar-refractivity contribution >= 4 is 20.2 Å². The monoisotopic (exact) mass is 702 g/mol. The van der Waals surface area contributed by atoms with Gasteiger partial charge in [-0.2, -0.15) is 0 Å². The van der Waals surface area contributed by atoms with Crippen LogP contribution in [-0.4, -0.2) is 35.1 Å². The van der Waals surface area contributed by atoms with Gasteiger partial charge in [0, 0.05) is 0 Å². The lowest BCUT2D eigenvalue weighted by molar-refractivity contribution is -0.671.